The standard InChI is InChI=1S/C14H20FN/c1-14(2,3)12-7-6-11(10-13(12)15)16-8-4-5-9-16/h6-7,10H,4-5,8-9H2,1-3H3. The molecular formula is C14H20FN. The van der Waals surface area contributed by atoms with Crippen LogP contribution in [0.25, 0.3) is 0 Å². The molecule has 2 heteroatoms. The molecule has 0 saturated carbocycles. The third-order valence-electron chi connectivity index (χ3n) is 3.23. The van der Waals surface area contributed by atoms with Crippen molar-refractivity contribution < 1.29 is 4.39 Å². The fourth-order valence-electron chi connectivity index (χ4n) is 2.28. The van der Waals surface area contributed by atoms with Crippen LogP contribution in [0.2, 0.25) is 0 Å². The predicted molar refractivity (Wildman–Crippen MR) is 66.5 cm³/mol. The lowest BCUT2D eigenvalue weighted by molar-refractivity contribution is 0.523. The first-order valence-electron chi connectivity index (χ1n) is 6.03. The summed E-state index contributed by atoms with van der Waals surface area (Å²) in [5, 5.41) is 0. The number of hydrogen-bond acceptors (Lipinski definition) is 1. The summed E-state index contributed by atoms with van der Waals surface area (Å²) in [7, 11) is 0. The van der Waals surface area contributed by atoms with Crippen LogP contribution in [0.1, 0.15) is 39.2 Å². The first-order chi connectivity index (χ1) is 7.48. The highest BCUT2D eigenvalue weighted by molar-refractivity contribution is 5.49. The molecule has 0 N–H and O–H groups in total. The molecule has 0 aliphatic carbocycles. The Morgan fingerprint density at radius 1 is 1.12 bits per heavy atom. The van der Waals surface area contributed by atoms with Gasteiger partial charge in [0, 0.05) is 18.8 Å². The van der Waals surface area contributed by atoms with Gasteiger partial charge in [0.15, 0.2) is 0 Å². The number of halogens is 1. The summed E-state index contributed by atoms with van der Waals surface area (Å²) < 4.78 is 14.0. The van der Waals surface area contributed by atoms with Crippen LogP contribution < -0.4 is 4.90 Å². The number of hydrogen-bond donors (Lipinski definition) is 0. The molecule has 16 heavy (non-hydrogen) atoms. The molecule has 1 fully saturated rings. The smallest absolute Gasteiger partial charge is 0.128 e. The summed E-state index contributed by atoms with van der Waals surface area (Å²) in [6.07, 6.45) is 2.45. The first-order valence-corrected chi connectivity index (χ1v) is 6.03. The molecule has 0 bridgehead atoms. The van der Waals surface area contributed by atoms with E-state index < -0.39 is 0 Å². The molecule has 0 amide bonds. The Kier molecular flexibility index (Phi) is 2.92. The third kappa shape index (κ3) is 2.21. The van der Waals surface area contributed by atoms with Crippen molar-refractivity contribution in [3.05, 3.63) is 29.6 Å². The maximum atomic E-state index is 14.0. The van der Waals surface area contributed by atoms with Gasteiger partial charge >= 0.3 is 0 Å². The summed E-state index contributed by atoms with van der Waals surface area (Å²) in [5.74, 6) is -0.0723. The van der Waals surface area contributed by atoms with E-state index in [9.17, 15) is 4.39 Å². The zero-order valence-electron chi connectivity index (χ0n) is 10.4. The summed E-state index contributed by atoms with van der Waals surface area (Å²) in [6.45, 7) is 8.26. The van der Waals surface area contributed by atoms with Crippen LogP contribution in [0.15, 0.2) is 18.2 Å². The zero-order valence-corrected chi connectivity index (χ0v) is 10.4. The second-order valence-electron chi connectivity index (χ2n) is 5.61. The summed E-state index contributed by atoms with van der Waals surface area (Å²) in [4.78, 5) is 2.26. The normalized spacial score (nSPS) is 16.9. The lowest BCUT2D eigenvalue weighted by Gasteiger charge is -2.23. The van der Waals surface area contributed by atoms with Gasteiger partial charge in [0.2, 0.25) is 0 Å². The van der Waals surface area contributed by atoms with Gasteiger partial charge in [-0.1, -0.05) is 26.8 Å². The predicted octanol–water partition coefficient (Wildman–Crippen LogP) is 3.72. The Labute approximate surface area is 97.3 Å². The van der Waals surface area contributed by atoms with Crippen LogP contribution in [-0.4, -0.2) is 13.1 Å². The number of rotatable bonds is 1. The van der Waals surface area contributed by atoms with Crippen molar-refractivity contribution in [1.82, 2.24) is 0 Å². The minimum Gasteiger partial charge on any atom is -0.371 e. The minimum absolute atomic E-state index is 0.0723. The van der Waals surface area contributed by atoms with Gasteiger partial charge in [0.1, 0.15) is 5.82 Å². The Balaban J connectivity index is 2.29. The van der Waals surface area contributed by atoms with E-state index in [1.807, 2.05) is 26.8 Å². The molecule has 0 unspecified atom stereocenters. The molecule has 1 heterocycles. The lowest BCUT2D eigenvalue weighted by Crippen LogP contribution is -2.19. The van der Waals surface area contributed by atoms with Crippen LogP contribution in [0.4, 0.5) is 10.1 Å². The van der Waals surface area contributed by atoms with E-state index in [4.69, 9.17) is 0 Å². The molecule has 88 valence electrons. The molecular weight excluding hydrogens is 201 g/mol. The molecule has 1 aromatic rings. The van der Waals surface area contributed by atoms with Gasteiger partial charge in [-0.25, -0.2) is 4.39 Å². The van der Waals surface area contributed by atoms with Gasteiger partial charge < -0.3 is 4.90 Å². The van der Waals surface area contributed by atoms with E-state index in [1.54, 1.807) is 6.07 Å². The van der Waals surface area contributed by atoms with Crippen molar-refractivity contribution in [3.63, 3.8) is 0 Å². The van der Waals surface area contributed by atoms with Gasteiger partial charge in [-0.05, 0) is 36.0 Å². The topological polar surface area (TPSA) is 3.24 Å². The Morgan fingerprint density at radius 2 is 1.75 bits per heavy atom. The minimum atomic E-state index is -0.117. The molecule has 0 spiro atoms. The Bertz CT molecular complexity index is 373. The van der Waals surface area contributed by atoms with E-state index in [0.29, 0.717) is 0 Å². The second kappa shape index (κ2) is 4.08. The molecule has 1 saturated heterocycles. The van der Waals surface area contributed by atoms with Crippen molar-refractivity contribution in [3.8, 4) is 0 Å². The summed E-state index contributed by atoms with van der Waals surface area (Å²) >= 11 is 0. The fourth-order valence-corrected chi connectivity index (χ4v) is 2.28. The maximum Gasteiger partial charge on any atom is 0.128 e. The van der Waals surface area contributed by atoms with Crippen LogP contribution in [0, 0.1) is 5.82 Å². The van der Waals surface area contributed by atoms with Crippen LogP contribution >= 0.6 is 0 Å². The van der Waals surface area contributed by atoms with E-state index in [2.05, 4.69) is 11.0 Å². The van der Waals surface area contributed by atoms with Gasteiger partial charge in [0.05, 0.1) is 0 Å². The van der Waals surface area contributed by atoms with E-state index in [-0.39, 0.29) is 11.2 Å². The summed E-state index contributed by atoms with van der Waals surface area (Å²) in [6, 6.07) is 5.67. The van der Waals surface area contributed by atoms with Crippen LogP contribution in [-0.2, 0) is 5.41 Å². The van der Waals surface area contributed by atoms with Crippen molar-refractivity contribution in [2.75, 3.05) is 18.0 Å². The molecule has 1 aromatic carbocycles. The fraction of sp³-hybridized carbons (Fsp3) is 0.571. The Hall–Kier alpha value is -1.05. The highest BCUT2D eigenvalue weighted by atomic mass is 19.1. The number of nitrogens with zero attached hydrogens (tertiary/aromatic N) is 1. The van der Waals surface area contributed by atoms with Gasteiger partial charge in [0.25, 0.3) is 0 Å². The van der Waals surface area contributed by atoms with Gasteiger partial charge in [-0.15, -0.1) is 0 Å². The van der Waals surface area contributed by atoms with Gasteiger partial charge in [-0.3, -0.25) is 0 Å². The molecule has 0 radical (unpaired) electrons. The molecule has 1 aliphatic rings. The third-order valence-corrected chi connectivity index (χ3v) is 3.23. The van der Waals surface area contributed by atoms with Gasteiger partial charge in [-0.2, -0.15) is 0 Å². The molecule has 1 aliphatic heterocycles. The average Bonchev–Trinajstić information content (AvgIpc) is 2.68. The molecule has 0 atom stereocenters. The number of benzene rings is 1. The van der Waals surface area contributed by atoms with Crippen molar-refractivity contribution in [2.45, 2.75) is 39.0 Å². The highest BCUT2D eigenvalue weighted by Crippen LogP contribution is 2.29. The monoisotopic (exact) mass is 221 g/mol. The SMILES string of the molecule is CC(C)(C)c1ccc(N2CCCC2)cc1F. The Morgan fingerprint density at radius 3 is 2.25 bits per heavy atom. The van der Waals surface area contributed by atoms with E-state index >= 15 is 0 Å². The molecule has 0 aromatic heterocycles. The van der Waals surface area contributed by atoms with Crippen molar-refractivity contribution in [1.29, 1.82) is 0 Å². The van der Waals surface area contributed by atoms with Crippen molar-refractivity contribution >= 4 is 5.69 Å². The molecule has 2 rings (SSSR count). The molecule has 1 nitrogen and oxygen atoms in total. The van der Waals surface area contributed by atoms with Crippen LogP contribution in [0.3, 0.4) is 0 Å². The zero-order chi connectivity index (χ0) is 11.8. The highest BCUT2D eigenvalue weighted by Gasteiger charge is 2.20. The van der Waals surface area contributed by atoms with Crippen LogP contribution in [0.5, 0.6) is 0 Å². The first kappa shape index (κ1) is 11.4. The quantitative estimate of drug-likeness (QED) is 0.698. The maximum absolute atomic E-state index is 14.0. The second-order valence-corrected chi connectivity index (χ2v) is 5.61. The van der Waals surface area contributed by atoms with Crippen molar-refractivity contribution in [2.24, 2.45) is 0 Å². The summed E-state index contributed by atoms with van der Waals surface area (Å²) in [5.41, 5.74) is 1.71. The lowest BCUT2D eigenvalue weighted by atomic mass is 9.86. The number of anilines is 1. The van der Waals surface area contributed by atoms with E-state index in [1.165, 1.54) is 12.8 Å². The van der Waals surface area contributed by atoms with E-state index in [0.717, 1.165) is 24.3 Å². The largest absolute Gasteiger partial charge is 0.371 e. The average molecular weight is 221 g/mol.